The predicted molar refractivity (Wildman–Crippen MR) is 65.0 cm³/mol. The summed E-state index contributed by atoms with van der Waals surface area (Å²) in [5.41, 5.74) is 5.14. The number of nitrogens with zero attached hydrogens (tertiary/aromatic N) is 2. The van der Waals surface area contributed by atoms with E-state index in [1.54, 1.807) is 6.20 Å². The van der Waals surface area contributed by atoms with Crippen LogP contribution >= 0.6 is 12.4 Å². The lowest BCUT2D eigenvalue weighted by atomic mass is 10.1. The van der Waals surface area contributed by atoms with Crippen molar-refractivity contribution in [2.45, 2.75) is 20.8 Å². The van der Waals surface area contributed by atoms with Gasteiger partial charge in [-0.2, -0.15) is 0 Å². The smallest absolute Gasteiger partial charge is 0.0991 e. The molecular formula is C12H15ClN2. The van der Waals surface area contributed by atoms with Gasteiger partial charge in [0.15, 0.2) is 0 Å². The number of imidazole rings is 1. The fourth-order valence-electron chi connectivity index (χ4n) is 1.97. The molecule has 0 atom stereocenters. The van der Waals surface area contributed by atoms with Crippen LogP contribution in [0.25, 0.3) is 5.69 Å². The van der Waals surface area contributed by atoms with Gasteiger partial charge in [0.25, 0.3) is 0 Å². The van der Waals surface area contributed by atoms with Crippen LogP contribution in [0, 0.1) is 20.8 Å². The fourth-order valence-corrected chi connectivity index (χ4v) is 1.97. The monoisotopic (exact) mass is 222 g/mol. The van der Waals surface area contributed by atoms with Crippen LogP contribution in [0.5, 0.6) is 0 Å². The third-order valence-electron chi connectivity index (χ3n) is 2.40. The lowest BCUT2D eigenvalue weighted by Gasteiger charge is -2.11. The van der Waals surface area contributed by atoms with Crippen molar-refractivity contribution < 1.29 is 0 Å². The third-order valence-corrected chi connectivity index (χ3v) is 2.40. The van der Waals surface area contributed by atoms with E-state index in [1.165, 1.54) is 22.4 Å². The maximum Gasteiger partial charge on any atom is 0.0991 e. The van der Waals surface area contributed by atoms with E-state index < -0.39 is 0 Å². The molecule has 0 saturated carbocycles. The molecule has 0 radical (unpaired) electrons. The summed E-state index contributed by atoms with van der Waals surface area (Å²) in [6, 6.07) is 4.39. The maximum absolute atomic E-state index is 4.07. The molecule has 0 unspecified atom stereocenters. The molecule has 0 spiro atoms. The number of hydrogen-bond acceptors (Lipinski definition) is 1. The summed E-state index contributed by atoms with van der Waals surface area (Å²) in [5.74, 6) is 0. The van der Waals surface area contributed by atoms with Crippen LogP contribution in [0.3, 0.4) is 0 Å². The Bertz CT molecular complexity index is 424. The van der Waals surface area contributed by atoms with Crippen LogP contribution in [-0.4, -0.2) is 9.55 Å². The number of benzene rings is 1. The molecule has 0 fully saturated rings. The average molecular weight is 223 g/mol. The molecule has 0 saturated heterocycles. The van der Waals surface area contributed by atoms with Gasteiger partial charge < -0.3 is 4.57 Å². The summed E-state index contributed by atoms with van der Waals surface area (Å²) < 4.78 is 2.06. The highest BCUT2D eigenvalue weighted by Gasteiger charge is 2.04. The third kappa shape index (κ3) is 2.21. The first kappa shape index (κ1) is 11.8. The Kier molecular flexibility index (Phi) is 3.53. The largest absolute Gasteiger partial charge is 0.306 e. The lowest BCUT2D eigenvalue weighted by Crippen LogP contribution is -1.98. The maximum atomic E-state index is 4.07. The van der Waals surface area contributed by atoms with Gasteiger partial charge in [-0.25, -0.2) is 4.98 Å². The number of hydrogen-bond donors (Lipinski definition) is 0. The number of aromatic nitrogens is 2. The predicted octanol–water partition coefficient (Wildman–Crippen LogP) is 3.22. The molecule has 0 amide bonds. The van der Waals surface area contributed by atoms with Crippen molar-refractivity contribution in [1.29, 1.82) is 0 Å². The van der Waals surface area contributed by atoms with Gasteiger partial charge in [-0.05, 0) is 31.9 Å². The fraction of sp³-hybridized carbons (Fsp3) is 0.250. The van der Waals surface area contributed by atoms with Gasteiger partial charge in [0.2, 0.25) is 0 Å². The van der Waals surface area contributed by atoms with E-state index in [4.69, 9.17) is 0 Å². The van der Waals surface area contributed by atoms with Crippen LogP contribution < -0.4 is 0 Å². The number of halogens is 1. The summed E-state index contributed by atoms with van der Waals surface area (Å²) in [7, 11) is 0. The Labute approximate surface area is 96.4 Å². The molecule has 2 nitrogen and oxygen atoms in total. The van der Waals surface area contributed by atoms with Gasteiger partial charge in [-0.3, -0.25) is 0 Å². The molecule has 0 aliphatic carbocycles. The van der Waals surface area contributed by atoms with Crippen molar-refractivity contribution in [3.05, 3.63) is 47.5 Å². The quantitative estimate of drug-likeness (QED) is 0.725. The lowest BCUT2D eigenvalue weighted by molar-refractivity contribution is 1.02. The summed E-state index contributed by atoms with van der Waals surface area (Å²) in [6.07, 6.45) is 5.62. The highest BCUT2D eigenvalue weighted by Crippen LogP contribution is 2.20. The SMILES string of the molecule is Cc1cc(C)c(-n2ccnc2)c(C)c1.Cl. The van der Waals surface area contributed by atoms with Crippen LogP contribution in [0.15, 0.2) is 30.9 Å². The Morgan fingerprint density at radius 1 is 1.07 bits per heavy atom. The van der Waals surface area contributed by atoms with E-state index >= 15 is 0 Å². The zero-order chi connectivity index (χ0) is 10.1. The molecule has 2 rings (SSSR count). The molecule has 2 aromatic rings. The first-order chi connectivity index (χ1) is 6.68. The number of aryl methyl sites for hydroxylation is 3. The molecule has 0 aliphatic heterocycles. The van der Waals surface area contributed by atoms with Gasteiger partial charge >= 0.3 is 0 Å². The van der Waals surface area contributed by atoms with Crippen LogP contribution in [0.2, 0.25) is 0 Å². The van der Waals surface area contributed by atoms with E-state index in [0.29, 0.717) is 0 Å². The van der Waals surface area contributed by atoms with Crippen molar-refractivity contribution in [3.63, 3.8) is 0 Å². The highest BCUT2D eigenvalue weighted by molar-refractivity contribution is 5.85. The first-order valence-electron chi connectivity index (χ1n) is 4.74. The van der Waals surface area contributed by atoms with Gasteiger partial charge in [-0.1, -0.05) is 17.7 Å². The van der Waals surface area contributed by atoms with Gasteiger partial charge in [0.05, 0.1) is 12.0 Å². The first-order valence-corrected chi connectivity index (χ1v) is 4.74. The Hall–Kier alpha value is -1.28. The second kappa shape index (κ2) is 4.49. The topological polar surface area (TPSA) is 17.8 Å². The molecule has 1 heterocycles. The minimum atomic E-state index is 0. The van der Waals surface area contributed by atoms with Gasteiger partial charge in [-0.15, -0.1) is 12.4 Å². The molecule has 1 aromatic heterocycles. The van der Waals surface area contributed by atoms with E-state index in [2.05, 4.69) is 42.5 Å². The van der Waals surface area contributed by atoms with E-state index in [-0.39, 0.29) is 12.4 Å². The summed E-state index contributed by atoms with van der Waals surface area (Å²) in [4.78, 5) is 4.07. The zero-order valence-corrected chi connectivity index (χ0v) is 10.0. The Morgan fingerprint density at radius 3 is 2.13 bits per heavy atom. The Balaban J connectivity index is 0.00000112. The molecule has 80 valence electrons. The second-order valence-corrected chi connectivity index (χ2v) is 3.72. The standard InChI is InChI=1S/C12H14N2.ClH/c1-9-6-10(2)12(11(3)7-9)14-5-4-13-8-14;/h4-8H,1-3H3;1H. The molecule has 3 heteroatoms. The normalized spacial score (nSPS) is 9.80. The number of rotatable bonds is 1. The summed E-state index contributed by atoms with van der Waals surface area (Å²) in [5, 5.41) is 0. The van der Waals surface area contributed by atoms with Crippen LogP contribution in [-0.2, 0) is 0 Å². The van der Waals surface area contributed by atoms with E-state index in [1.807, 2.05) is 12.5 Å². The highest BCUT2D eigenvalue weighted by atomic mass is 35.5. The minimum absolute atomic E-state index is 0. The molecule has 0 aliphatic rings. The molecule has 0 N–H and O–H groups in total. The molecular weight excluding hydrogens is 208 g/mol. The second-order valence-electron chi connectivity index (χ2n) is 3.72. The van der Waals surface area contributed by atoms with Crippen molar-refractivity contribution in [2.75, 3.05) is 0 Å². The molecule has 15 heavy (non-hydrogen) atoms. The minimum Gasteiger partial charge on any atom is -0.306 e. The molecule has 1 aromatic carbocycles. The van der Waals surface area contributed by atoms with Crippen molar-refractivity contribution in [3.8, 4) is 5.69 Å². The van der Waals surface area contributed by atoms with Gasteiger partial charge in [0, 0.05) is 12.4 Å². The summed E-state index contributed by atoms with van der Waals surface area (Å²) in [6.45, 7) is 6.39. The summed E-state index contributed by atoms with van der Waals surface area (Å²) >= 11 is 0. The van der Waals surface area contributed by atoms with E-state index in [9.17, 15) is 0 Å². The van der Waals surface area contributed by atoms with E-state index in [0.717, 1.165) is 0 Å². The van der Waals surface area contributed by atoms with Crippen LogP contribution in [0.4, 0.5) is 0 Å². The molecule has 0 bridgehead atoms. The van der Waals surface area contributed by atoms with Crippen LogP contribution in [0.1, 0.15) is 16.7 Å². The van der Waals surface area contributed by atoms with Crippen molar-refractivity contribution in [2.24, 2.45) is 0 Å². The average Bonchev–Trinajstić information content (AvgIpc) is 2.54. The van der Waals surface area contributed by atoms with Gasteiger partial charge in [0.1, 0.15) is 0 Å². The zero-order valence-electron chi connectivity index (χ0n) is 9.19. The Morgan fingerprint density at radius 2 is 1.67 bits per heavy atom. The van der Waals surface area contributed by atoms with Crippen molar-refractivity contribution >= 4 is 12.4 Å². The van der Waals surface area contributed by atoms with Crippen molar-refractivity contribution in [1.82, 2.24) is 9.55 Å².